The molecule has 0 aromatic rings. The van der Waals surface area contributed by atoms with Gasteiger partial charge in [-0.2, -0.15) is 0 Å². The fraction of sp³-hybridized carbons (Fsp3) is 0.750. The van der Waals surface area contributed by atoms with E-state index in [0.29, 0.717) is 17.1 Å². The molecular weight excluding hydrogens is 368 g/mol. The molecule has 1 heterocycles. The van der Waals surface area contributed by atoms with Gasteiger partial charge in [-0.1, -0.05) is 35.4 Å². The number of fused-ring (bicyclic) bond motifs is 1. The van der Waals surface area contributed by atoms with Crippen LogP contribution in [0.2, 0.25) is 0 Å². The molecule has 1 N–H and O–H groups in total. The largest absolute Gasteiger partial charge is 0.429 e. The molecule has 3 aliphatic rings. The van der Waals surface area contributed by atoms with E-state index in [2.05, 4.69) is 34.8 Å². The van der Waals surface area contributed by atoms with Crippen LogP contribution in [0, 0.1) is 23.2 Å². The number of halogens is 1. The Balaban J connectivity index is 1.64. The minimum atomic E-state index is -1.44. The summed E-state index contributed by atoms with van der Waals surface area (Å²) in [4.78, 5) is 13.8. The van der Waals surface area contributed by atoms with E-state index in [1.165, 1.54) is 39.0 Å². The van der Waals surface area contributed by atoms with Gasteiger partial charge >= 0.3 is 5.97 Å². The van der Waals surface area contributed by atoms with Gasteiger partial charge in [0.25, 0.3) is 0 Å². The molecule has 0 aromatic carbocycles. The van der Waals surface area contributed by atoms with Crippen molar-refractivity contribution in [1.29, 1.82) is 0 Å². The number of hydrogen-bond acceptors (Lipinski definition) is 3. The van der Waals surface area contributed by atoms with Gasteiger partial charge in [-0.05, 0) is 79.7 Å². The molecule has 0 amide bonds. The highest BCUT2D eigenvalue weighted by Gasteiger charge is 2.50. The topological polar surface area (TPSA) is 46.5 Å². The fourth-order valence-corrected chi connectivity index (χ4v) is 6.01. The van der Waals surface area contributed by atoms with E-state index in [9.17, 15) is 9.90 Å². The number of carbonyl (C=O) groups is 1. The highest BCUT2D eigenvalue weighted by atomic mass is 79.9. The molecule has 2 aliphatic carbocycles. The first kappa shape index (κ1) is 18.2. The number of allylic oxidation sites excluding steroid dienone is 2. The average molecular weight is 397 g/mol. The van der Waals surface area contributed by atoms with Gasteiger partial charge in [0.05, 0.1) is 0 Å². The third kappa shape index (κ3) is 3.12. The molecular formula is C20H29BrO3. The number of ether oxygens (including phenoxy) is 1. The molecule has 3 rings (SSSR count). The molecule has 24 heavy (non-hydrogen) atoms. The average Bonchev–Trinajstić information content (AvgIpc) is 3.00. The molecule has 0 spiro atoms. The molecule has 1 aliphatic heterocycles. The Hall–Kier alpha value is -0.610. The normalized spacial score (nSPS) is 42.0. The van der Waals surface area contributed by atoms with Crippen molar-refractivity contribution in [2.45, 2.75) is 71.3 Å². The molecule has 2 saturated carbocycles. The summed E-state index contributed by atoms with van der Waals surface area (Å²) >= 11 is 3.58. The van der Waals surface area contributed by atoms with E-state index in [1.807, 2.05) is 0 Å². The van der Waals surface area contributed by atoms with Crippen LogP contribution >= 0.6 is 15.9 Å². The third-order valence-corrected chi connectivity index (χ3v) is 7.38. The van der Waals surface area contributed by atoms with E-state index in [0.717, 1.165) is 24.7 Å². The zero-order valence-corrected chi connectivity index (χ0v) is 16.6. The molecule has 0 saturated heterocycles. The van der Waals surface area contributed by atoms with Crippen molar-refractivity contribution in [3.63, 3.8) is 0 Å². The molecule has 134 valence electrons. The second-order valence-corrected chi connectivity index (χ2v) is 8.90. The third-order valence-electron chi connectivity index (χ3n) is 6.79. The van der Waals surface area contributed by atoms with Crippen LogP contribution in [0.1, 0.15) is 65.7 Å². The SMILES string of the molecule is C[C@H](CCC1=C[C@](C)(O)C(=O)O1)[C@H]1CCC2C(=CBr)CCC[C@]21C. The zero-order chi connectivity index (χ0) is 17.5. The molecule has 1 unspecified atom stereocenters. The van der Waals surface area contributed by atoms with E-state index >= 15 is 0 Å². The standard InChI is InChI=1S/C20H29BrO3/c1-13(6-7-15-11-20(3,23)18(22)24-15)16-8-9-17-14(12-21)5-4-10-19(16,17)2/h11-13,16-17,23H,4-10H2,1-3H3/t13-,16-,17?,19+,20+/m1/s1. The van der Waals surface area contributed by atoms with Crippen molar-refractivity contribution in [2.24, 2.45) is 23.2 Å². The minimum Gasteiger partial charge on any atom is -0.429 e. The first-order chi connectivity index (χ1) is 11.3. The Morgan fingerprint density at radius 3 is 2.83 bits per heavy atom. The summed E-state index contributed by atoms with van der Waals surface area (Å²) in [5.41, 5.74) is 0.563. The lowest BCUT2D eigenvalue weighted by atomic mass is 9.61. The van der Waals surface area contributed by atoms with E-state index in [-0.39, 0.29) is 0 Å². The predicted octanol–water partition coefficient (Wildman–Crippen LogP) is 5.09. The number of hydrogen-bond donors (Lipinski definition) is 1. The summed E-state index contributed by atoms with van der Waals surface area (Å²) < 4.78 is 5.21. The Bertz CT molecular complexity index is 577. The monoisotopic (exact) mass is 396 g/mol. The predicted molar refractivity (Wildman–Crippen MR) is 98.4 cm³/mol. The maximum absolute atomic E-state index is 11.6. The Morgan fingerprint density at radius 1 is 1.46 bits per heavy atom. The number of aliphatic hydroxyl groups is 1. The summed E-state index contributed by atoms with van der Waals surface area (Å²) in [6.07, 6.45) is 9.77. The molecule has 5 atom stereocenters. The second-order valence-electron chi connectivity index (χ2n) is 8.44. The number of esters is 1. The van der Waals surface area contributed by atoms with Crippen LogP contribution < -0.4 is 0 Å². The number of rotatable bonds is 4. The number of cyclic esters (lactones) is 1. The van der Waals surface area contributed by atoms with Gasteiger partial charge in [0.15, 0.2) is 5.60 Å². The van der Waals surface area contributed by atoms with Crippen LogP contribution in [-0.4, -0.2) is 16.7 Å². The van der Waals surface area contributed by atoms with E-state index in [4.69, 9.17) is 4.74 Å². The molecule has 0 aromatic heterocycles. The Labute approximate surface area is 153 Å². The van der Waals surface area contributed by atoms with E-state index in [1.54, 1.807) is 11.6 Å². The highest BCUT2D eigenvalue weighted by molar-refractivity contribution is 9.11. The van der Waals surface area contributed by atoms with Gasteiger partial charge in [0.1, 0.15) is 5.76 Å². The van der Waals surface area contributed by atoms with Crippen molar-refractivity contribution < 1.29 is 14.6 Å². The summed E-state index contributed by atoms with van der Waals surface area (Å²) in [6, 6.07) is 0. The van der Waals surface area contributed by atoms with Crippen molar-refractivity contribution in [2.75, 3.05) is 0 Å². The zero-order valence-electron chi connectivity index (χ0n) is 15.0. The number of carbonyl (C=O) groups excluding carboxylic acids is 1. The fourth-order valence-electron chi connectivity index (χ4n) is 5.46. The van der Waals surface area contributed by atoms with Gasteiger partial charge in [0.2, 0.25) is 0 Å². The van der Waals surface area contributed by atoms with Crippen molar-refractivity contribution in [3.8, 4) is 0 Å². The van der Waals surface area contributed by atoms with Gasteiger partial charge in [-0.15, -0.1) is 0 Å². The van der Waals surface area contributed by atoms with Crippen LogP contribution in [0.5, 0.6) is 0 Å². The minimum absolute atomic E-state index is 0.406. The van der Waals surface area contributed by atoms with Gasteiger partial charge in [-0.3, -0.25) is 0 Å². The second kappa shape index (κ2) is 6.60. The first-order valence-electron chi connectivity index (χ1n) is 9.23. The molecule has 0 radical (unpaired) electrons. The maximum atomic E-state index is 11.6. The lowest BCUT2D eigenvalue weighted by molar-refractivity contribution is -0.150. The van der Waals surface area contributed by atoms with Gasteiger partial charge in [-0.25, -0.2) is 4.79 Å². The molecule has 4 heteroatoms. The Morgan fingerprint density at radius 2 is 2.21 bits per heavy atom. The van der Waals surface area contributed by atoms with Gasteiger partial charge < -0.3 is 9.84 Å². The van der Waals surface area contributed by atoms with Crippen molar-refractivity contribution >= 4 is 21.9 Å². The van der Waals surface area contributed by atoms with E-state index < -0.39 is 11.6 Å². The summed E-state index contributed by atoms with van der Waals surface area (Å²) in [6.45, 7) is 6.32. The van der Waals surface area contributed by atoms with Crippen LogP contribution in [-0.2, 0) is 9.53 Å². The van der Waals surface area contributed by atoms with Crippen LogP contribution in [0.4, 0.5) is 0 Å². The van der Waals surface area contributed by atoms with Crippen LogP contribution in [0.25, 0.3) is 0 Å². The molecule has 3 nitrogen and oxygen atoms in total. The maximum Gasteiger partial charge on any atom is 0.347 e. The van der Waals surface area contributed by atoms with Gasteiger partial charge in [0, 0.05) is 6.42 Å². The quantitative estimate of drug-likeness (QED) is 0.673. The van der Waals surface area contributed by atoms with Crippen LogP contribution in [0.15, 0.2) is 22.4 Å². The Kier molecular flexibility index (Phi) is 5.00. The van der Waals surface area contributed by atoms with Crippen LogP contribution in [0.3, 0.4) is 0 Å². The molecule has 2 fully saturated rings. The lowest BCUT2D eigenvalue weighted by Gasteiger charge is -2.44. The first-order valence-corrected chi connectivity index (χ1v) is 10.1. The van der Waals surface area contributed by atoms with Crippen molar-refractivity contribution in [1.82, 2.24) is 0 Å². The summed E-state index contributed by atoms with van der Waals surface area (Å²) in [5, 5.41) is 9.90. The van der Waals surface area contributed by atoms with Crippen molar-refractivity contribution in [3.05, 3.63) is 22.4 Å². The smallest absolute Gasteiger partial charge is 0.347 e. The summed E-state index contributed by atoms with van der Waals surface area (Å²) in [5.74, 6) is 2.14. The highest BCUT2D eigenvalue weighted by Crippen LogP contribution is 2.60. The lowest BCUT2D eigenvalue weighted by Crippen LogP contribution is -2.35. The summed E-state index contributed by atoms with van der Waals surface area (Å²) in [7, 11) is 0. The molecule has 0 bridgehead atoms.